The van der Waals surface area contributed by atoms with E-state index in [1.807, 2.05) is 19.4 Å². The summed E-state index contributed by atoms with van der Waals surface area (Å²) in [4.78, 5) is 1.22. The highest BCUT2D eigenvalue weighted by Gasteiger charge is 2.17. The monoisotopic (exact) mass is 269 g/mol. The molecule has 17 heavy (non-hydrogen) atoms. The van der Waals surface area contributed by atoms with Crippen molar-refractivity contribution in [3.05, 3.63) is 56.5 Å². The molecule has 2 aromatic rings. The summed E-state index contributed by atoms with van der Waals surface area (Å²) in [5.41, 5.74) is 1.70. The highest BCUT2D eigenvalue weighted by molar-refractivity contribution is 7.10. The molecule has 0 saturated heterocycles. The number of rotatable bonds is 3. The first-order chi connectivity index (χ1) is 8.11. The largest absolute Gasteiger partial charge is 0.309 e. The minimum atomic E-state index is -0.277. The number of nitrogens with one attached hydrogen (secondary N) is 1. The molecule has 0 aliphatic heterocycles. The molecule has 1 nitrogen and oxygen atoms in total. The van der Waals surface area contributed by atoms with Gasteiger partial charge in [-0.3, -0.25) is 0 Å². The molecule has 0 fully saturated rings. The maximum atomic E-state index is 13.9. The minimum absolute atomic E-state index is 0.128. The molecular formula is C13H13ClFNS. The van der Waals surface area contributed by atoms with Crippen molar-refractivity contribution in [3.8, 4) is 0 Å². The summed E-state index contributed by atoms with van der Waals surface area (Å²) in [5, 5.41) is 5.60. The van der Waals surface area contributed by atoms with Crippen molar-refractivity contribution in [2.24, 2.45) is 0 Å². The second kappa shape index (κ2) is 5.17. The molecule has 1 aromatic carbocycles. The first-order valence-corrected chi connectivity index (χ1v) is 6.55. The van der Waals surface area contributed by atoms with Crippen LogP contribution in [-0.4, -0.2) is 7.05 Å². The molecule has 2 rings (SSSR count). The summed E-state index contributed by atoms with van der Waals surface area (Å²) in [7, 11) is 1.83. The molecule has 0 bridgehead atoms. The first kappa shape index (κ1) is 12.6. The lowest BCUT2D eigenvalue weighted by molar-refractivity contribution is 0.577. The summed E-state index contributed by atoms with van der Waals surface area (Å²) < 4.78 is 13.9. The SMILES string of the molecule is CNC(c1csc(C)c1)c1ccc(Cl)cc1F. The Balaban J connectivity index is 2.42. The van der Waals surface area contributed by atoms with Crippen molar-refractivity contribution in [2.45, 2.75) is 13.0 Å². The Labute approximate surface area is 109 Å². The molecule has 1 unspecified atom stereocenters. The molecule has 1 N–H and O–H groups in total. The Morgan fingerprint density at radius 2 is 2.12 bits per heavy atom. The van der Waals surface area contributed by atoms with E-state index in [2.05, 4.69) is 11.4 Å². The van der Waals surface area contributed by atoms with Gasteiger partial charge in [0.2, 0.25) is 0 Å². The standard InChI is InChI=1S/C13H13ClFNS/c1-8-5-9(7-17-8)13(16-2)11-4-3-10(14)6-12(11)15/h3-7,13,16H,1-2H3. The van der Waals surface area contributed by atoms with E-state index in [4.69, 9.17) is 11.6 Å². The first-order valence-electron chi connectivity index (χ1n) is 5.29. The smallest absolute Gasteiger partial charge is 0.129 e. The third kappa shape index (κ3) is 2.68. The Kier molecular flexibility index (Phi) is 3.82. The van der Waals surface area contributed by atoms with E-state index < -0.39 is 0 Å². The zero-order valence-electron chi connectivity index (χ0n) is 9.63. The van der Waals surface area contributed by atoms with Gasteiger partial charge in [-0.1, -0.05) is 17.7 Å². The van der Waals surface area contributed by atoms with Crippen molar-refractivity contribution >= 4 is 22.9 Å². The van der Waals surface area contributed by atoms with Gasteiger partial charge in [-0.2, -0.15) is 0 Å². The molecule has 0 aliphatic rings. The molecular weight excluding hydrogens is 257 g/mol. The van der Waals surface area contributed by atoms with Crippen molar-refractivity contribution in [1.29, 1.82) is 0 Å². The van der Waals surface area contributed by atoms with E-state index in [1.165, 1.54) is 10.9 Å². The van der Waals surface area contributed by atoms with Crippen LogP contribution in [-0.2, 0) is 0 Å². The minimum Gasteiger partial charge on any atom is -0.309 e. The maximum absolute atomic E-state index is 13.9. The second-order valence-corrected chi connectivity index (χ2v) is 5.43. The van der Waals surface area contributed by atoms with Crippen LogP contribution in [0.1, 0.15) is 22.0 Å². The predicted molar refractivity (Wildman–Crippen MR) is 71.4 cm³/mol. The molecule has 0 amide bonds. The topological polar surface area (TPSA) is 12.0 Å². The van der Waals surface area contributed by atoms with Gasteiger partial charge < -0.3 is 5.32 Å². The van der Waals surface area contributed by atoms with E-state index in [1.54, 1.807) is 23.5 Å². The maximum Gasteiger partial charge on any atom is 0.129 e. The van der Waals surface area contributed by atoms with Crippen LogP contribution in [0.3, 0.4) is 0 Å². The molecule has 0 spiro atoms. The Bertz CT molecular complexity index is 524. The number of thiophene rings is 1. The number of hydrogen-bond donors (Lipinski definition) is 1. The number of aryl methyl sites for hydroxylation is 1. The number of halogens is 2. The molecule has 0 radical (unpaired) electrons. The van der Waals surface area contributed by atoms with Crippen LogP contribution in [0, 0.1) is 12.7 Å². The third-order valence-corrected chi connectivity index (χ3v) is 3.76. The summed E-state index contributed by atoms with van der Waals surface area (Å²) in [6.07, 6.45) is 0. The van der Waals surface area contributed by atoms with Gasteiger partial charge >= 0.3 is 0 Å². The van der Waals surface area contributed by atoms with Crippen LogP contribution in [0.15, 0.2) is 29.6 Å². The van der Waals surface area contributed by atoms with Crippen molar-refractivity contribution in [2.75, 3.05) is 7.05 Å². The lowest BCUT2D eigenvalue weighted by atomic mass is 10.0. The lowest BCUT2D eigenvalue weighted by Gasteiger charge is -2.16. The molecule has 1 aromatic heterocycles. The van der Waals surface area contributed by atoms with Gasteiger partial charge in [0.25, 0.3) is 0 Å². The quantitative estimate of drug-likeness (QED) is 0.882. The fraction of sp³-hybridized carbons (Fsp3) is 0.231. The predicted octanol–water partition coefficient (Wildman–Crippen LogP) is 4.16. The van der Waals surface area contributed by atoms with Crippen molar-refractivity contribution in [3.63, 3.8) is 0 Å². The fourth-order valence-corrected chi connectivity index (χ4v) is 2.74. The highest BCUT2D eigenvalue weighted by Crippen LogP contribution is 2.28. The third-order valence-electron chi connectivity index (χ3n) is 2.65. The van der Waals surface area contributed by atoms with Crippen LogP contribution in [0.25, 0.3) is 0 Å². The molecule has 1 heterocycles. The van der Waals surface area contributed by atoms with Gasteiger partial charge in [0, 0.05) is 15.5 Å². The molecule has 0 saturated carbocycles. The van der Waals surface area contributed by atoms with Crippen LogP contribution < -0.4 is 5.32 Å². The highest BCUT2D eigenvalue weighted by atomic mass is 35.5. The zero-order valence-corrected chi connectivity index (χ0v) is 11.2. The normalized spacial score (nSPS) is 12.7. The van der Waals surface area contributed by atoms with Gasteiger partial charge in [-0.25, -0.2) is 4.39 Å². The van der Waals surface area contributed by atoms with E-state index in [0.29, 0.717) is 10.6 Å². The fourth-order valence-electron chi connectivity index (χ4n) is 1.85. The van der Waals surface area contributed by atoms with Crippen molar-refractivity contribution in [1.82, 2.24) is 5.32 Å². The summed E-state index contributed by atoms with van der Waals surface area (Å²) >= 11 is 7.42. The summed E-state index contributed by atoms with van der Waals surface area (Å²) in [6, 6.07) is 6.73. The van der Waals surface area contributed by atoms with Gasteiger partial charge in [0.15, 0.2) is 0 Å². The van der Waals surface area contributed by atoms with E-state index in [-0.39, 0.29) is 11.9 Å². The summed E-state index contributed by atoms with van der Waals surface area (Å²) in [5.74, 6) is -0.277. The number of hydrogen-bond acceptors (Lipinski definition) is 2. The van der Waals surface area contributed by atoms with Crippen molar-refractivity contribution < 1.29 is 4.39 Å². The van der Waals surface area contributed by atoms with E-state index >= 15 is 0 Å². The van der Waals surface area contributed by atoms with E-state index in [9.17, 15) is 4.39 Å². The van der Waals surface area contributed by atoms with Crippen LogP contribution in [0.4, 0.5) is 4.39 Å². The van der Waals surface area contributed by atoms with Gasteiger partial charge in [-0.05, 0) is 43.1 Å². The van der Waals surface area contributed by atoms with Crippen LogP contribution in [0.5, 0.6) is 0 Å². The molecule has 90 valence electrons. The zero-order chi connectivity index (χ0) is 12.4. The second-order valence-electron chi connectivity index (χ2n) is 3.88. The Morgan fingerprint density at radius 3 is 2.65 bits per heavy atom. The number of benzene rings is 1. The van der Waals surface area contributed by atoms with Gasteiger partial charge in [0.05, 0.1) is 6.04 Å². The lowest BCUT2D eigenvalue weighted by Crippen LogP contribution is -2.18. The average molecular weight is 270 g/mol. The molecule has 0 aliphatic carbocycles. The van der Waals surface area contributed by atoms with Gasteiger partial charge in [-0.15, -0.1) is 11.3 Å². The van der Waals surface area contributed by atoms with E-state index in [0.717, 1.165) is 5.56 Å². The Morgan fingerprint density at radius 1 is 1.35 bits per heavy atom. The van der Waals surface area contributed by atoms with Crippen LogP contribution >= 0.6 is 22.9 Å². The Hall–Kier alpha value is -0.900. The van der Waals surface area contributed by atoms with Gasteiger partial charge in [0.1, 0.15) is 5.82 Å². The average Bonchev–Trinajstić information content (AvgIpc) is 2.69. The molecule has 1 atom stereocenters. The van der Waals surface area contributed by atoms with Crippen LogP contribution in [0.2, 0.25) is 5.02 Å². The molecule has 4 heteroatoms. The summed E-state index contributed by atoms with van der Waals surface area (Å²) in [6.45, 7) is 2.04.